The number of rotatable bonds is 11. The number of esters is 2. The van der Waals surface area contributed by atoms with Gasteiger partial charge in [-0.2, -0.15) is 0 Å². The lowest BCUT2D eigenvalue weighted by Gasteiger charge is -2.31. The zero-order valence-corrected chi connectivity index (χ0v) is 30.9. The maximum absolute atomic E-state index is 12.8. The summed E-state index contributed by atoms with van der Waals surface area (Å²) >= 11 is 0. The molecule has 282 valence electrons. The van der Waals surface area contributed by atoms with E-state index < -0.39 is 36.2 Å². The van der Waals surface area contributed by atoms with Gasteiger partial charge in [-0.1, -0.05) is 50.2 Å². The van der Waals surface area contributed by atoms with E-state index in [4.69, 9.17) is 30.9 Å². The van der Waals surface area contributed by atoms with Gasteiger partial charge in [0.25, 0.3) is 0 Å². The maximum atomic E-state index is 12.8. The smallest absolute Gasteiger partial charge is 0.375 e. The fraction of sp³-hybridized carbons (Fsp3) is 0.450. The Bertz CT molecular complexity index is 2130. The van der Waals surface area contributed by atoms with Crippen LogP contribution in [0, 0.1) is 25.7 Å². The number of nitrogens with zero attached hydrogens (tertiary/aromatic N) is 4. The molecular weight excluding hydrogens is 688 g/mol. The van der Waals surface area contributed by atoms with E-state index >= 15 is 0 Å². The van der Waals surface area contributed by atoms with Crippen molar-refractivity contribution in [1.82, 2.24) is 29.7 Å². The SMILES string of the molecule is CC[C@@H](C(=O)OC(N)=O)N1C2C[C@@H]2C[C@H]1c1ncc(-c2ccc(-c3ccc(-c4cnc([C@@H]5C[C@H]6CC6N5[C@@H](CC)C(=O)OC(N)=O)[nH]4)c(C)c3C)cc2)[nH]1. The average molecular weight is 735 g/mol. The number of likely N-dealkylation sites (tertiary alicyclic amines) is 2. The fourth-order valence-corrected chi connectivity index (χ4v) is 9.26. The topological polar surface area (TPSA) is 203 Å². The first kappa shape index (κ1) is 35.7. The molecular formula is C40H46N8O6. The quantitative estimate of drug-likeness (QED) is 0.107. The van der Waals surface area contributed by atoms with Gasteiger partial charge in [0.2, 0.25) is 0 Å². The number of hydrogen-bond donors (Lipinski definition) is 4. The van der Waals surface area contributed by atoms with E-state index in [1.807, 2.05) is 26.2 Å². The summed E-state index contributed by atoms with van der Waals surface area (Å²) in [6.45, 7) is 8.07. The second-order valence-corrected chi connectivity index (χ2v) is 15.2. The number of carbonyl (C=O) groups excluding carboxylic acids is 4. The summed E-state index contributed by atoms with van der Waals surface area (Å²) < 4.78 is 9.58. The summed E-state index contributed by atoms with van der Waals surface area (Å²) in [4.78, 5) is 69.1. The van der Waals surface area contributed by atoms with Crippen molar-refractivity contribution >= 4 is 24.1 Å². The summed E-state index contributed by atoms with van der Waals surface area (Å²) in [5.74, 6) is 1.36. The normalized spacial score (nSPS) is 25.4. The molecule has 0 radical (unpaired) electrons. The number of H-pyrrole nitrogens is 2. The molecule has 4 aliphatic rings. The van der Waals surface area contributed by atoms with Crippen LogP contribution in [-0.2, 0) is 19.1 Å². The van der Waals surface area contributed by atoms with Crippen LogP contribution in [0.25, 0.3) is 33.6 Å². The van der Waals surface area contributed by atoms with Crippen LogP contribution in [0.15, 0.2) is 48.8 Å². The number of primary amides is 2. The number of piperidine rings is 2. The number of nitrogens with one attached hydrogen (secondary N) is 2. The molecule has 0 spiro atoms. The zero-order chi connectivity index (χ0) is 38.0. The summed E-state index contributed by atoms with van der Waals surface area (Å²) in [5.41, 5.74) is 18.7. The van der Waals surface area contributed by atoms with Gasteiger partial charge >= 0.3 is 24.1 Å². The molecule has 4 aromatic rings. The van der Waals surface area contributed by atoms with E-state index in [2.05, 4.69) is 70.0 Å². The highest BCUT2D eigenvalue weighted by molar-refractivity contribution is 5.87. The van der Waals surface area contributed by atoms with Crippen molar-refractivity contribution in [2.75, 3.05) is 0 Å². The Hall–Kier alpha value is -5.34. The van der Waals surface area contributed by atoms with E-state index in [9.17, 15) is 19.2 Å². The highest BCUT2D eigenvalue weighted by Crippen LogP contribution is 2.55. The lowest BCUT2D eigenvalue weighted by molar-refractivity contribution is -0.145. The van der Waals surface area contributed by atoms with Gasteiger partial charge in [0.05, 0.1) is 35.9 Å². The first-order chi connectivity index (χ1) is 26.0. The van der Waals surface area contributed by atoms with Crippen molar-refractivity contribution in [3.8, 4) is 33.6 Å². The van der Waals surface area contributed by atoms with Crippen LogP contribution in [0.3, 0.4) is 0 Å². The molecule has 2 aromatic heterocycles. The largest absolute Gasteiger partial charge is 0.412 e. The number of aromatic nitrogens is 4. The Morgan fingerprint density at radius 1 is 0.685 bits per heavy atom. The summed E-state index contributed by atoms with van der Waals surface area (Å²) in [7, 11) is 0. The van der Waals surface area contributed by atoms with Crippen LogP contribution in [0.1, 0.15) is 87.2 Å². The number of nitrogens with two attached hydrogens (primary N) is 2. The van der Waals surface area contributed by atoms with Crippen LogP contribution >= 0.6 is 0 Å². The minimum Gasteiger partial charge on any atom is -0.375 e. The molecule has 2 unspecified atom stereocenters. The lowest BCUT2D eigenvalue weighted by Crippen LogP contribution is -2.44. The van der Waals surface area contributed by atoms with Gasteiger partial charge in [-0.15, -0.1) is 0 Å². The van der Waals surface area contributed by atoms with Crippen molar-refractivity contribution in [2.45, 2.75) is 102 Å². The van der Waals surface area contributed by atoms with Gasteiger partial charge in [0.1, 0.15) is 23.7 Å². The van der Waals surface area contributed by atoms with Crippen molar-refractivity contribution in [3.05, 3.63) is 71.6 Å². The number of aromatic amines is 2. The summed E-state index contributed by atoms with van der Waals surface area (Å²) in [6.07, 6.45) is 6.35. The standard InChI is InChI=1S/C40H46N8O6/c1-5-29(37(49)53-39(41)51)47-31-13-23(31)15-33(47)35-43-17-27(45-35)22-9-7-21(8-10-22)25-11-12-26(20(4)19(25)3)28-18-44-36(46-28)34-16-24-14-32(24)48(34)30(6-2)38(50)54-40(42)52/h7-12,17-18,23-24,29-34H,5-6,13-16H2,1-4H3,(H2,41,51)(H2,42,52)(H,43,45)(H,44,46)/t23-,24-,29+,30+,31?,32?,33+,34+/m1/s1. The Morgan fingerprint density at radius 2 is 1.13 bits per heavy atom. The molecule has 8 atom stereocenters. The minimum absolute atomic E-state index is 0.0784. The number of amides is 2. The molecule has 0 bridgehead atoms. The predicted molar refractivity (Wildman–Crippen MR) is 198 cm³/mol. The third-order valence-corrected chi connectivity index (χ3v) is 12.2. The van der Waals surface area contributed by atoms with Crippen LogP contribution < -0.4 is 11.5 Å². The van der Waals surface area contributed by atoms with Crippen molar-refractivity contribution in [3.63, 3.8) is 0 Å². The van der Waals surface area contributed by atoms with E-state index in [0.29, 0.717) is 24.7 Å². The van der Waals surface area contributed by atoms with E-state index in [0.717, 1.165) is 82.1 Å². The molecule has 2 aliphatic heterocycles. The first-order valence-corrected chi connectivity index (χ1v) is 18.9. The van der Waals surface area contributed by atoms with E-state index in [1.54, 1.807) is 0 Å². The Morgan fingerprint density at radius 3 is 1.63 bits per heavy atom. The molecule has 54 heavy (non-hydrogen) atoms. The van der Waals surface area contributed by atoms with Crippen molar-refractivity contribution in [1.29, 1.82) is 0 Å². The number of fused-ring (bicyclic) bond motifs is 2. The van der Waals surface area contributed by atoms with Gasteiger partial charge in [-0.3, -0.25) is 9.80 Å². The highest BCUT2D eigenvalue weighted by Gasteiger charge is 2.57. The molecule has 4 fully saturated rings. The van der Waals surface area contributed by atoms with Crippen LogP contribution in [0.4, 0.5) is 9.59 Å². The third kappa shape index (κ3) is 6.36. The highest BCUT2D eigenvalue weighted by atomic mass is 16.6. The van der Waals surface area contributed by atoms with Crippen LogP contribution in [0.5, 0.6) is 0 Å². The van der Waals surface area contributed by atoms with Gasteiger partial charge in [0.15, 0.2) is 0 Å². The average Bonchev–Trinajstić information content (AvgIpc) is 3.75. The summed E-state index contributed by atoms with van der Waals surface area (Å²) in [5, 5.41) is 0. The molecule has 8 rings (SSSR count). The second-order valence-electron chi connectivity index (χ2n) is 15.2. The Balaban J connectivity index is 0.980. The van der Waals surface area contributed by atoms with Crippen LogP contribution in [0.2, 0.25) is 0 Å². The lowest BCUT2D eigenvalue weighted by atomic mass is 9.92. The number of ether oxygens (including phenoxy) is 2. The molecule has 6 N–H and O–H groups in total. The minimum atomic E-state index is -1.08. The zero-order valence-electron chi connectivity index (χ0n) is 30.9. The molecule has 2 saturated heterocycles. The molecule has 2 saturated carbocycles. The molecule has 14 nitrogen and oxygen atoms in total. The molecule has 2 aromatic carbocycles. The van der Waals surface area contributed by atoms with Gasteiger partial charge in [0, 0.05) is 17.6 Å². The fourth-order valence-electron chi connectivity index (χ4n) is 9.26. The number of benzene rings is 2. The van der Waals surface area contributed by atoms with Crippen molar-refractivity contribution in [2.24, 2.45) is 23.3 Å². The molecule has 4 heterocycles. The molecule has 2 amide bonds. The Labute approximate surface area is 313 Å². The van der Waals surface area contributed by atoms with Crippen LogP contribution in [-0.4, -0.2) is 78.0 Å². The molecule has 14 heteroatoms. The number of carbonyl (C=O) groups is 4. The van der Waals surface area contributed by atoms with Gasteiger partial charge in [-0.25, -0.2) is 29.1 Å². The number of hydrogen-bond acceptors (Lipinski definition) is 10. The number of imidazole rings is 2. The predicted octanol–water partition coefficient (Wildman–Crippen LogP) is 5.82. The maximum Gasteiger partial charge on any atom is 0.412 e. The Kier molecular flexibility index (Phi) is 9.13. The van der Waals surface area contributed by atoms with E-state index in [-0.39, 0.29) is 24.2 Å². The first-order valence-electron chi connectivity index (χ1n) is 18.9. The monoisotopic (exact) mass is 734 g/mol. The van der Waals surface area contributed by atoms with Gasteiger partial charge in [-0.05, 0) is 92.0 Å². The van der Waals surface area contributed by atoms with E-state index in [1.165, 1.54) is 0 Å². The van der Waals surface area contributed by atoms with Gasteiger partial charge < -0.3 is 30.9 Å². The molecule has 2 aliphatic carbocycles. The third-order valence-electron chi connectivity index (χ3n) is 12.2. The summed E-state index contributed by atoms with van der Waals surface area (Å²) in [6, 6.07) is 11.9. The van der Waals surface area contributed by atoms with Crippen molar-refractivity contribution < 1.29 is 28.7 Å². The second kappa shape index (κ2) is 13.8.